The molecule has 0 radical (unpaired) electrons. The monoisotopic (exact) mass is 259 g/mol. The van der Waals surface area contributed by atoms with Crippen molar-refractivity contribution >= 4 is 5.97 Å². The molecule has 0 aromatic rings. The van der Waals surface area contributed by atoms with Crippen molar-refractivity contribution < 1.29 is 9.53 Å². The maximum absolute atomic E-state index is 11.3. The van der Waals surface area contributed by atoms with Crippen molar-refractivity contribution in [1.82, 2.24) is 4.90 Å². The van der Waals surface area contributed by atoms with Crippen LogP contribution in [0.1, 0.15) is 12.8 Å². The van der Waals surface area contributed by atoms with Gasteiger partial charge in [-0.15, -0.1) is 0 Å². The zero-order chi connectivity index (χ0) is 13.2. The largest absolute Gasteiger partial charge is 0.466 e. The number of nitrogens with zero attached hydrogens (tertiary/aromatic N) is 1. The summed E-state index contributed by atoms with van der Waals surface area (Å²) in [5.74, 6) is 1.64. The van der Waals surface area contributed by atoms with E-state index in [4.69, 9.17) is 4.74 Å². The van der Waals surface area contributed by atoms with Crippen molar-refractivity contribution in [2.75, 3.05) is 26.7 Å². The molecule has 1 saturated carbocycles. The highest BCUT2D eigenvalue weighted by Crippen LogP contribution is 2.45. The number of carbonyl (C=O) groups excluding carboxylic acids is 1. The molecule has 3 unspecified atom stereocenters. The van der Waals surface area contributed by atoms with Gasteiger partial charge in [0.05, 0.1) is 7.11 Å². The summed E-state index contributed by atoms with van der Waals surface area (Å²) in [6.45, 7) is 3.36. The van der Waals surface area contributed by atoms with Gasteiger partial charge in [-0.05, 0) is 30.6 Å². The number of esters is 1. The second-order valence-electron chi connectivity index (χ2n) is 5.82. The van der Waals surface area contributed by atoms with E-state index < -0.39 is 0 Å². The summed E-state index contributed by atoms with van der Waals surface area (Å²) in [6.07, 6.45) is 13.0. The molecule has 2 aliphatic heterocycles. The van der Waals surface area contributed by atoms with Gasteiger partial charge in [-0.1, -0.05) is 29.9 Å². The second-order valence-corrected chi connectivity index (χ2v) is 5.82. The lowest BCUT2D eigenvalue weighted by Gasteiger charge is -2.50. The van der Waals surface area contributed by atoms with Crippen LogP contribution in [0, 0.1) is 17.8 Å². The summed E-state index contributed by atoms with van der Waals surface area (Å²) in [5, 5.41) is 0. The van der Waals surface area contributed by atoms with Crippen LogP contribution in [0.25, 0.3) is 0 Å². The molecule has 0 spiro atoms. The smallest absolute Gasteiger partial charge is 0.330 e. The van der Waals surface area contributed by atoms with E-state index in [2.05, 4.69) is 29.2 Å². The van der Waals surface area contributed by atoms with Gasteiger partial charge >= 0.3 is 5.97 Å². The molecular weight excluding hydrogens is 238 g/mol. The van der Waals surface area contributed by atoms with Crippen LogP contribution in [-0.2, 0) is 9.53 Å². The Labute approximate surface area is 114 Å². The second kappa shape index (κ2) is 5.33. The number of hydrogen-bond donors (Lipinski definition) is 0. The molecule has 3 nitrogen and oxygen atoms in total. The quantitative estimate of drug-likeness (QED) is 0.574. The molecular formula is C16H21NO2. The Kier molecular flexibility index (Phi) is 3.56. The topological polar surface area (TPSA) is 29.5 Å². The maximum atomic E-state index is 11.3. The summed E-state index contributed by atoms with van der Waals surface area (Å²) in [7, 11) is 1.45. The third-order valence-corrected chi connectivity index (χ3v) is 4.52. The molecule has 3 fully saturated rings. The molecule has 102 valence electrons. The number of rotatable bonds is 3. The Morgan fingerprint density at radius 3 is 2.84 bits per heavy atom. The van der Waals surface area contributed by atoms with E-state index in [1.54, 1.807) is 6.08 Å². The SMILES string of the molecule is COC(=O)C=C1C2CC1CN(CC1C=CC=CC1)C2. The summed E-state index contributed by atoms with van der Waals surface area (Å²) >= 11 is 0. The van der Waals surface area contributed by atoms with E-state index >= 15 is 0 Å². The highest BCUT2D eigenvalue weighted by atomic mass is 16.5. The van der Waals surface area contributed by atoms with Crippen LogP contribution in [0.4, 0.5) is 0 Å². The van der Waals surface area contributed by atoms with Crippen LogP contribution in [0.5, 0.6) is 0 Å². The number of allylic oxidation sites excluding steroid dienone is 3. The number of methoxy groups -OCH3 is 1. The fourth-order valence-electron chi connectivity index (χ4n) is 3.52. The van der Waals surface area contributed by atoms with Gasteiger partial charge in [0.15, 0.2) is 0 Å². The van der Waals surface area contributed by atoms with Crippen LogP contribution in [0.3, 0.4) is 0 Å². The van der Waals surface area contributed by atoms with Crippen LogP contribution >= 0.6 is 0 Å². The van der Waals surface area contributed by atoms with Crippen LogP contribution in [0.15, 0.2) is 36.0 Å². The van der Waals surface area contributed by atoms with Crippen molar-refractivity contribution in [3.8, 4) is 0 Å². The minimum Gasteiger partial charge on any atom is -0.466 e. The molecule has 4 rings (SSSR count). The predicted molar refractivity (Wildman–Crippen MR) is 74.5 cm³/mol. The van der Waals surface area contributed by atoms with E-state index in [-0.39, 0.29) is 5.97 Å². The van der Waals surface area contributed by atoms with Gasteiger partial charge in [-0.25, -0.2) is 4.79 Å². The van der Waals surface area contributed by atoms with Crippen molar-refractivity contribution in [3.63, 3.8) is 0 Å². The molecule has 2 aliphatic carbocycles. The first-order chi connectivity index (χ1) is 9.26. The van der Waals surface area contributed by atoms with Gasteiger partial charge in [-0.3, -0.25) is 0 Å². The van der Waals surface area contributed by atoms with Gasteiger partial charge in [0.1, 0.15) is 0 Å². The Hall–Kier alpha value is -1.35. The molecule has 19 heavy (non-hydrogen) atoms. The average molecular weight is 259 g/mol. The van der Waals surface area contributed by atoms with Gasteiger partial charge in [0, 0.05) is 25.7 Å². The third-order valence-electron chi connectivity index (χ3n) is 4.52. The Morgan fingerprint density at radius 2 is 2.21 bits per heavy atom. The summed E-state index contributed by atoms with van der Waals surface area (Å²) < 4.78 is 4.72. The molecule has 0 aromatic heterocycles. The first-order valence-electron chi connectivity index (χ1n) is 7.11. The minimum absolute atomic E-state index is 0.196. The number of carbonyl (C=O) groups is 1. The lowest BCUT2D eigenvalue weighted by molar-refractivity contribution is -0.135. The van der Waals surface area contributed by atoms with Crippen LogP contribution in [0.2, 0.25) is 0 Å². The van der Waals surface area contributed by atoms with Gasteiger partial charge in [0.25, 0.3) is 0 Å². The number of piperidine rings is 2. The number of fused-ring (bicyclic) bond motifs is 2. The zero-order valence-corrected chi connectivity index (χ0v) is 11.4. The van der Waals surface area contributed by atoms with E-state index in [0.717, 1.165) is 26.1 Å². The van der Waals surface area contributed by atoms with Gasteiger partial charge < -0.3 is 9.64 Å². The Balaban J connectivity index is 1.55. The molecule has 4 aliphatic rings. The molecule has 2 saturated heterocycles. The van der Waals surface area contributed by atoms with Crippen molar-refractivity contribution in [3.05, 3.63) is 36.0 Å². The fourth-order valence-corrected chi connectivity index (χ4v) is 3.52. The van der Waals surface area contributed by atoms with Crippen molar-refractivity contribution in [2.45, 2.75) is 12.8 Å². The van der Waals surface area contributed by atoms with Crippen LogP contribution < -0.4 is 0 Å². The molecule has 3 atom stereocenters. The first kappa shape index (κ1) is 12.7. The lowest BCUT2D eigenvalue weighted by Crippen LogP contribution is -2.51. The third kappa shape index (κ3) is 2.66. The minimum atomic E-state index is -0.196. The summed E-state index contributed by atoms with van der Waals surface area (Å²) in [5.41, 5.74) is 1.32. The Bertz CT molecular complexity index is 436. The normalized spacial score (nSPS) is 32.9. The fraction of sp³-hybridized carbons (Fsp3) is 0.562. The highest BCUT2D eigenvalue weighted by molar-refractivity contribution is 5.83. The van der Waals surface area contributed by atoms with E-state index in [0.29, 0.717) is 17.8 Å². The lowest BCUT2D eigenvalue weighted by atomic mass is 9.66. The molecule has 2 heterocycles. The molecule has 0 amide bonds. The van der Waals surface area contributed by atoms with Gasteiger partial charge in [-0.2, -0.15) is 0 Å². The van der Waals surface area contributed by atoms with Crippen LogP contribution in [-0.4, -0.2) is 37.6 Å². The first-order valence-corrected chi connectivity index (χ1v) is 7.11. The number of hydrogen-bond acceptors (Lipinski definition) is 3. The number of ether oxygens (including phenoxy) is 1. The van der Waals surface area contributed by atoms with E-state index in [1.807, 2.05) is 0 Å². The van der Waals surface area contributed by atoms with E-state index in [1.165, 1.54) is 19.1 Å². The molecule has 2 bridgehead atoms. The zero-order valence-electron chi connectivity index (χ0n) is 11.4. The summed E-state index contributed by atoms with van der Waals surface area (Å²) in [4.78, 5) is 13.9. The van der Waals surface area contributed by atoms with Crippen molar-refractivity contribution in [1.29, 1.82) is 0 Å². The summed E-state index contributed by atoms with van der Waals surface area (Å²) in [6, 6.07) is 0. The molecule has 0 N–H and O–H groups in total. The highest BCUT2D eigenvalue weighted by Gasteiger charge is 2.42. The van der Waals surface area contributed by atoms with Crippen molar-refractivity contribution in [2.24, 2.45) is 17.8 Å². The van der Waals surface area contributed by atoms with E-state index in [9.17, 15) is 4.79 Å². The maximum Gasteiger partial charge on any atom is 0.330 e. The van der Waals surface area contributed by atoms with Gasteiger partial charge in [0.2, 0.25) is 0 Å². The molecule has 0 aromatic carbocycles. The standard InChI is InChI=1S/C16H21NO2/c1-19-16(18)8-15-13-7-14(15)11-17(10-13)9-12-5-3-2-4-6-12/h2-5,8,12-14H,6-7,9-11H2,1H3. The predicted octanol–water partition coefficient (Wildman–Crippen LogP) is 2.17. The Morgan fingerprint density at radius 1 is 1.42 bits per heavy atom. The molecule has 3 heteroatoms. The average Bonchev–Trinajstić information content (AvgIpc) is 2.45.